The van der Waals surface area contributed by atoms with Crippen LogP contribution in [-0.4, -0.2) is 40.1 Å². The van der Waals surface area contributed by atoms with E-state index in [0.29, 0.717) is 12.0 Å². The van der Waals surface area contributed by atoms with Crippen molar-refractivity contribution in [2.75, 3.05) is 19.7 Å². The van der Waals surface area contributed by atoms with Gasteiger partial charge in [0.05, 0.1) is 11.0 Å². The number of thiophene rings is 1. The van der Waals surface area contributed by atoms with Crippen molar-refractivity contribution in [2.24, 2.45) is 0 Å². The lowest BCUT2D eigenvalue weighted by atomic mass is 9.95. The van der Waals surface area contributed by atoms with Gasteiger partial charge >= 0.3 is 0 Å². The van der Waals surface area contributed by atoms with Crippen LogP contribution >= 0.6 is 11.3 Å². The van der Waals surface area contributed by atoms with E-state index in [1.54, 1.807) is 11.3 Å². The Kier molecular flexibility index (Phi) is 5.14. The Morgan fingerprint density at radius 1 is 1.27 bits per heavy atom. The molecule has 6 heteroatoms. The van der Waals surface area contributed by atoms with Gasteiger partial charge in [0.25, 0.3) is 5.91 Å². The fourth-order valence-electron chi connectivity index (χ4n) is 4.02. The highest BCUT2D eigenvalue weighted by atomic mass is 32.1. The summed E-state index contributed by atoms with van der Waals surface area (Å²) in [5.74, 6) is 1.79. The van der Waals surface area contributed by atoms with Crippen molar-refractivity contribution < 1.29 is 9.53 Å². The van der Waals surface area contributed by atoms with Crippen LogP contribution < -0.4 is 0 Å². The van der Waals surface area contributed by atoms with Gasteiger partial charge in [-0.25, -0.2) is 4.98 Å². The van der Waals surface area contributed by atoms with Gasteiger partial charge in [0.1, 0.15) is 5.82 Å². The minimum Gasteiger partial charge on any atom is -0.373 e. The van der Waals surface area contributed by atoms with E-state index in [1.165, 1.54) is 10.7 Å². The van der Waals surface area contributed by atoms with Crippen molar-refractivity contribution >= 4 is 17.2 Å². The van der Waals surface area contributed by atoms with Crippen molar-refractivity contribution in [2.45, 2.75) is 57.6 Å². The Balaban J connectivity index is 1.38. The molecule has 140 valence electrons. The van der Waals surface area contributed by atoms with Gasteiger partial charge < -0.3 is 14.2 Å². The summed E-state index contributed by atoms with van der Waals surface area (Å²) < 4.78 is 8.00. The summed E-state index contributed by atoms with van der Waals surface area (Å²) >= 11 is 1.60. The zero-order valence-corrected chi connectivity index (χ0v) is 16.4. The second-order valence-electron chi connectivity index (χ2n) is 7.56. The van der Waals surface area contributed by atoms with Gasteiger partial charge in [0, 0.05) is 48.9 Å². The molecule has 2 aliphatic rings. The van der Waals surface area contributed by atoms with Crippen molar-refractivity contribution in [1.82, 2.24) is 14.5 Å². The van der Waals surface area contributed by atoms with E-state index in [9.17, 15) is 4.79 Å². The normalized spacial score (nSPS) is 21.7. The molecule has 0 radical (unpaired) electrons. The first kappa shape index (κ1) is 17.7. The van der Waals surface area contributed by atoms with E-state index in [2.05, 4.69) is 35.7 Å². The predicted octanol–water partition coefficient (Wildman–Crippen LogP) is 4.40. The number of imidazole rings is 1. The standard InChI is InChI=1S/C20H27N3O2S/c1-14(2)23-12-9-21-19(23)15-7-10-22(11-8-15)20(24)18-6-5-17(26-18)16-4-3-13-25-16/h5-6,9,12,14-16H,3-4,7-8,10-11,13H2,1-2H3. The van der Waals surface area contributed by atoms with Crippen LogP contribution in [0.1, 0.15) is 78.0 Å². The molecule has 4 rings (SSSR count). The van der Waals surface area contributed by atoms with E-state index in [-0.39, 0.29) is 12.0 Å². The minimum atomic E-state index is 0.171. The molecule has 1 unspecified atom stereocenters. The van der Waals surface area contributed by atoms with Crippen LogP contribution in [0.5, 0.6) is 0 Å². The maximum atomic E-state index is 12.9. The molecule has 0 aromatic carbocycles. The van der Waals surface area contributed by atoms with Gasteiger partial charge in [0.15, 0.2) is 0 Å². The number of rotatable bonds is 4. The number of carbonyl (C=O) groups excluding carboxylic acids is 1. The molecule has 5 nitrogen and oxygen atoms in total. The first-order chi connectivity index (χ1) is 12.6. The van der Waals surface area contributed by atoms with Crippen molar-refractivity contribution in [1.29, 1.82) is 0 Å². The Labute approximate surface area is 159 Å². The third-order valence-electron chi connectivity index (χ3n) is 5.49. The average Bonchev–Trinajstić information content (AvgIpc) is 3.42. The molecule has 1 amide bonds. The lowest BCUT2D eigenvalue weighted by molar-refractivity contribution is 0.0715. The van der Waals surface area contributed by atoms with E-state index in [0.717, 1.165) is 50.3 Å². The number of nitrogens with zero attached hydrogens (tertiary/aromatic N) is 3. The fourth-order valence-corrected chi connectivity index (χ4v) is 5.08. The lowest BCUT2D eigenvalue weighted by Gasteiger charge is -2.32. The summed E-state index contributed by atoms with van der Waals surface area (Å²) in [6.45, 7) is 6.83. The van der Waals surface area contributed by atoms with E-state index in [1.807, 2.05) is 17.2 Å². The highest BCUT2D eigenvalue weighted by Crippen LogP contribution is 2.34. The minimum absolute atomic E-state index is 0.171. The highest BCUT2D eigenvalue weighted by Gasteiger charge is 2.28. The summed E-state index contributed by atoms with van der Waals surface area (Å²) in [6, 6.07) is 4.47. The Hall–Kier alpha value is -1.66. The Morgan fingerprint density at radius 2 is 2.08 bits per heavy atom. The molecule has 2 aromatic rings. The third-order valence-corrected chi connectivity index (χ3v) is 6.65. The number of piperidine rings is 1. The quantitative estimate of drug-likeness (QED) is 0.798. The monoisotopic (exact) mass is 373 g/mol. The number of amides is 1. The summed E-state index contributed by atoms with van der Waals surface area (Å²) in [6.07, 6.45) is 8.31. The van der Waals surface area contributed by atoms with Crippen LogP contribution in [0.4, 0.5) is 0 Å². The molecule has 0 aliphatic carbocycles. The summed E-state index contributed by atoms with van der Waals surface area (Å²) in [4.78, 5) is 21.5. The topological polar surface area (TPSA) is 47.4 Å². The molecule has 1 atom stereocenters. The van der Waals surface area contributed by atoms with Crippen LogP contribution in [0, 0.1) is 0 Å². The van der Waals surface area contributed by atoms with Crippen LogP contribution in [0.2, 0.25) is 0 Å². The summed E-state index contributed by atoms with van der Waals surface area (Å²) in [7, 11) is 0. The molecular weight excluding hydrogens is 346 g/mol. The Morgan fingerprint density at radius 3 is 2.77 bits per heavy atom. The first-order valence-corrected chi connectivity index (χ1v) is 10.5. The largest absolute Gasteiger partial charge is 0.373 e. The molecule has 0 saturated carbocycles. The molecule has 4 heterocycles. The fraction of sp³-hybridized carbons (Fsp3) is 0.600. The van der Waals surface area contributed by atoms with Crippen LogP contribution in [0.3, 0.4) is 0 Å². The van der Waals surface area contributed by atoms with E-state index >= 15 is 0 Å². The zero-order valence-electron chi connectivity index (χ0n) is 15.6. The molecule has 0 bridgehead atoms. The maximum Gasteiger partial charge on any atom is 0.263 e. The second kappa shape index (κ2) is 7.53. The van der Waals surface area contributed by atoms with Crippen LogP contribution in [0.25, 0.3) is 0 Å². The number of likely N-dealkylation sites (tertiary alicyclic amines) is 1. The van der Waals surface area contributed by atoms with E-state index < -0.39 is 0 Å². The molecule has 26 heavy (non-hydrogen) atoms. The van der Waals surface area contributed by atoms with E-state index in [4.69, 9.17) is 4.74 Å². The molecule has 0 spiro atoms. The number of aromatic nitrogens is 2. The SMILES string of the molecule is CC(C)n1ccnc1C1CCN(C(=O)c2ccc(C3CCCO3)s2)CC1. The molecule has 2 aromatic heterocycles. The van der Waals surface area contributed by atoms with Gasteiger partial charge in [-0.1, -0.05) is 0 Å². The maximum absolute atomic E-state index is 12.9. The van der Waals surface area contributed by atoms with Gasteiger partial charge in [-0.2, -0.15) is 0 Å². The molecule has 2 fully saturated rings. The van der Waals surface area contributed by atoms with Gasteiger partial charge in [-0.15, -0.1) is 11.3 Å². The molecule has 0 N–H and O–H groups in total. The number of hydrogen-bond acceptors (Lipinski definition) is 4. The lowest BCUT2D eigenvalue weighted by Crippen LogP contribution is -2.38. The van der Waals surface area contributed by atoms with Crippen molar-refractivity contribution in [3.63, 3.8) is 0 Å². The van der Waals surface area contributed by atoms with Crippen molar-refractivity contribution in [3.05, 3.63) is 40.1 Å². The van der Waals surface area contributed by atoms with Crippen LogP contribution in [-0.2, 0) is 4.74 Å². The second-order valence-corrected chi connectivity index (χ2v) is 8.67. The highest BCUT2D eigenvalue weighted by molar-refractivity contribution is 7.14. The number of carbonyl (C=O) groups is 1. The van der Waals surface area contributed by atoms with Crippen molar-refractivity contribution in [3.8, 4) is 0 Å². The molecule has 2 saturated heterocycles. The zero-order chi connectivity index (χ0) is 18.1. The number of ether oxygens (including phenoxy) is 1. The summed E-state index contributed by atoms with van der Waals surface area (Å²) in [5, 5.41) is 0. The average molecular weight is 374 g/mol. The molecular formula is C20H27N3O2S. The Bertz CT molecular complexity index is 753. The summed E-state index contributed by atoms with van der Waals surface area (Å²) in [5.41, 5.74) is 0. The predicted molar refractivity (Wildman–Crippen MR) is 103 cm³/mol. The first-order valence-electron chi connectivity index (χ1n) is 9.67. The van der Waals surface area contributed by atoms with Crippen LogP contribution in [0.15, 0.2) is 24.5 Å². The third kappa shape index (κ3) is 3.45. The smallest absolute Gasteiger partial charge is 0.263 e. The van der Waals surface area contributed by atoms with Gasteiger partial charge in [-0.3, -0.25) is 4.79 Å². The molecule has 2 aliphatic heterocycles. The van der Waals surface area contributed by atoms with Gasteiger partial charge in [-0.05, 0) is 51.7 Å². The number of hydrogen-bond donors (Lipinski definition) is 0. The van der Waals surface area contributed by atoms with Gasteiger partial charge in [0.2, 0.25) is 0 Å².